The fourth-order valence-electron chi connectivity index (χ4n) is 0.694. The second-order valence-corrected chi connectivity index (χ2v) is 3.52. The molecule has 0 aromatic heterocycles. The van der Waals surface area contributed by atoms with E-state index in [9.17, 15) is 0 Å². The predicted octanol–water partition coefficient (Wildman–Crippen LogP) is 0.634. The molecule has 3 nitrogen and oxygen atoms in total. The van der Waals surface area contributed by atoms with Crippen molar-refractivity contribution in [3.05, 3.63) is 23.7 Å². The van der Waals surface area contributed by atoms with E-state index in [0.717, 1.165) is 5.57 Å². The number of nitrogens with two attached hydrogens (primary N) is 3. The second-order valence-electron chi connectivity index (χ2n) is 3.52. The first kappa shape index (κ1) is 9.88. The van der Waals surface area contributed by atoms with E-state index in [4.69, 9.17) is 17.2 Å². The first-order chi connectivity index (χ1) is 4.88. The standard InChI is InChI=1S/C8H17N3/c1-8(2,3)6(5-9)4-7(10)11/h4-5H,9-11H2,1-3H3/b6-5+. The van der Waals surface area contributed by atoms with Crippen LogP contribution in [-0.2, 0) is 0 Å². The highest BCUT2D eigenvalue weighted by molar-refractivity contribution is 5.25. The molecule has 6 N–H and O–H groups in total. The summed E-state index contributed by atoms with van der Waals surface area (Å²) in [5, 5.41) is 0. The maximum absolute atomic E-state index is 5.39. The van der Waals surface area contributed by atoms with Crippen LogP contribution in [-0.4, -0.2) is 0 Å². The lowest BCUT2D eigenvalue weighted by Crippen LogP contribution is -2.14. The lowest BCUT2D eigenvalue weighted by Gasteiger charge is -2.19. The second kappa shape index (κ2) is 3.32. The molecule has 0 atom stereocenters. The molecule has 11 heavy (non-hydrogen) atoms. The highest BCUT2D eigenvalue weighted by Crippen LogP contribution is 2.25. The van der Waals surface area contributed by atoms with Gasteiger partial charge in [0.15, 0.2) is 0 Å². The number of allylic oxidation sites excluding steroid dienone is 2. The van der Waals surface area contributed by atoms with Gasteiger partial charge in [-0.3, -0.25) is 0 Å². The van der Waals surface area contributed by atoms with Gasteiger partial charge >= 0.3 is 0 Å². The van der Waals surface area contributed by atoms with Gasteiger partial charge in [0.05, 0.1) is 5.82 Å². The molecule has 0 aromatic rings. The number of hydrogen-bond acceptors (Lipinski definition) is 3. The average Bonchev–Trinajstić information content (AvgIpc) is 1.79. The summed E-state index contributed by atoms with van der Waals surface area (Å²) in [5.74, 6) is 0.289. The van der Waals surface area contributed by atoms with Gasteiger partial charge in [-0.05, 0) is 23.3 Å². The van der Waals surface area contributed by atoms with Gasteiger partial charge in [-0.15, -0.1) is 0 Å². The Balaban J connectivity index is 4.60. The molecule has 0 aliphatic rings. The molecule has 0 spiro atoms. The Hall–Kier alpha value is -1.12. The van der Waals surface area contributed by atoms with E-state index >= 15 is 0 Å². The summed E-state index contributed by atoms with van der Waals surface area (Å²) >= 11 is 0. The van der Waals surface area contributed by atoms with Gasteiger partial charge in [-0.2, -0.15) is 0 Å². The van der Waals surface area contributed by atoms with Crippen LogP contribution < -0.4 is 17.2 Å². The summed E-state index contributed by atoms with van der Waals surface area (Å²) in [5.41, 5.74) is 16.9. The Bertz CT molecular complexity index is 180. The largest absolute Gasteiger partial charge is 0.404 e. The van der Waals surface area contributed by atoms with Gasteiger partial charge in [0.2, 0.25) is 0 Å². The highest BCUT2D eigenvalue weighted by atomic mass is 14.8. The van der Waals surface area contributed by atoms with E-state index in [1.54, 1.807) is 6.08 Å². The van der Waals surface area contributed by atoms with E-state index in [1.165, 1.54) is 6.20 Å². The first-order valence-corrected chi connectivity index (χ1v) is 3.53. The highest BCUT2D eigenvalue weighted by Gasteiger charge is 2.14. The van der Waals surface area contributed by atoms with E-state index in [2.05, 4.69) is 0 Å². The van der Waals surface area contributed by atoms with Crippen molar-refractivity contribution in [1.82, 2.24) is 0 Å². The summed E-state index contributed by atoms with van der Waals surface area (Å²) in [6.07, 6.45) is 3.21. The first-order valence-electron chi connectivity index (χ1n) is 3.53. The molecule has 0 saturated heterocycles. The monoisotopic (exact) mass is 155 g/mol. The Labute approximate surface area is 67.9 Å². The fraction of sp³-hybridized carbons (Fsp3) is 0.500. The van der Waals surface area contributed by atoms with Crippen molar-refractivity contribution in [3.63, 3.8) is 0 Å². The molecule has 0 aromatic carbocycles. The van der Waals surface area contributed by atoms with E-state index < -0.39 is 0 Å². The molecule has 0 aliphatic heterocycles. The van der Waals surface area contributed by atoms with Gasteiger partial charge in [-0.25, -0.2) is 0 Å². The molecular weight excluding hydrogens is 138 g/mol. The van der Waals surface area contributed by atoms with Crippen LogP contribution in [0, 0.1) is 5.41 Å². The molecule has 0 amide bonds. The summed E-state index contributed by atoms with van der Waals surface area (Å²) in [4.78, 5) is 0. The lowest BCUT2D eigenvalue weighted by molar-refractivity contribution is 0.515. The van der Waals surface area contributed by atoms with Crippen LogP contribution in [0.5, 0.6) is 0 Å². The van der Waals surface area contributed by atoms with Crippen LogP contribution in [0.1, 0.15) is 20.8 Å². The van der Waals surface area contributed by atoms with E-state index in [0.29, 0.717) is 0 Å². The maximum Gasteiger partial charge on any atom is 0.0937 e. The molecule has 0 rings (SSSR count). The molecule has 64 valence electrons. The maximum atomic E-state index is 5.39. The minimum Gasteiger partial charge on any atom is -0.404 e. The van der Waals surface area contributed by atoms with Crippen LogP contribution >= 0.6 is 0 Å². The molecule has 0 radical (unpaired) electrons. The summed E-state index contributed by atoms with van der Waals surface area (Å²) in [6, 6.07) is 0. The molecule has 0 heterocycles. The van der Waals surface area contributed by atoms with Crippen molar-refractivity contribution in [3.8, 4) is 0 Å². The summed E-state index contributed by atoms with van der Waals surface area (Å²) < 4.78 is 0. The zero-order valence-electron chi connectivity index (χ0n) is 7.39. The van der Waals surface area contributed by atoms with Crippen LogP contribution in [0.3, 0.4) is 0 Å². The van der Waals surface area contributed by atoms with Crippen molar-refractivity contribution >= 4 is 0 Å². The number of hydrogen-bond donors (Lipinski definition) is 3. The lowest BCUT2D eigenvalue weighted by atomic mass is 9.87. The third-order valence-corrected chi connectivity index (χ3v) is 1.37. The summed E-state index contributed by atoms with van der Waals surface area (Å²) in [6.45, 7) is 6.14. The minimum absolute atomic E-state index is 0.00125. The Morgan fingerprint density at radius 3 is 1.73 bits per heavy atom. The molecule has 0 saturated carbocycles. The Kier molecular flexibility index (Phi) is 2.99. The average molecular weight is 155 g/mol. The molecule has 3 heteroatoms. The van der Waals surface area contributed by atoms with Crippen molar-refractivity contribution in [2.75, 3.05) is 0 Å². The van der Waals surface area contributed by atoms with Gasteiger partial charge in [0.25, 0.3) is 0 Å². The normalized spacial score (nSPS) is 12.8. The van der Waals surface area contributed by atoms with Gasteiger partial charge in [-0.1, -0.05) is 20.8 Å². The zero-order valence-corrected chi connectivity index (χ0v) is 7.39. The van der Waals surface area contributed by atoms with Crippen LogP contribution in [0.4, 0.5) is 0 Å². The number of rotatable bonds is 1. The topological polar surface area (TPSA) is 78.1 Å². The van der Waals surface area contributed by atoms with Gasteiger partial charge in [0.1, 0.15) is 0 Å². The van der Waals surface area contributed by atoms with Gasteiger partial charge in [0, 0.05) is 0 Å². The molecule has 0 bridgehead atoms. The van der Waals surface area contributed by atoms with Crippen molar-refractivity contribution in [2.24, 2.45) is 22.6 Å². The Morgan fingerprint density at radius 1 is 1.18 bits per heavy atom. The SMILES string of the molecule is CC(C)(C)/C(C=C(N)N)=C/N. The molecule has 0 fully saturated rings. The van der Waals surface area contributed by atoms with Crippen LogP contribution in [0.15, 0.2) is 23.7 Å². The van der Waals surface area contributed by atoms with Crippen LogP contribution in [0.25, 0.3) is 0 Å². The van der Waals surface area contributed by atoms with Crippen molar-refractivity contribution in [1.29, 1.82) is 0 Å². The van der Waals surface area contributed by atoms with Crippen molar-refractivity contribution in [2.45, 2.75) is 20.8 Å². The van der Waals surface area contributed by atoms with E-state index in [1.807, 2.05) is 20.8 Å². The van der Waals surface area contributed by atoms with Gasteiger partial charge < -0.3 is 17.2 Å². The van der Waals surface area contributed by atoms with Crippen molar-refractivity contribution < 1.29 is 0 Å². The minimum atomic E-state index is -0.00125. The summed E-state index contributed by atoms with van der Waals surface area (Å²) in [7, 11) is 0. The van der Waals surface area contributed by atoms with E-state index in [-0.39, 0.29) is 11.2 Å². The third kappa shape index (κ3) is 3.55. The Morgan fingerprint density at radius 2 is 1.64 bits per heavy atom. The molecule has 0 unspecified atom stereocenters. The molecular formula is C8H17N3. The van der Waals surface area contributed by atoms with Crippen LogP contribution in [0.2, 0.25) is 0 Å². The smallest absolute Gasteiger partial charge is 0.0937 e. The molecule has 0 aliphatic carbocycles. The third-order valence-electron chi connectivity index (χ3n) is 1.37. The zero-order chi connectivity index (χ0) is 9.07. The quantitative estimate of drug-likeness (QED) is 0.486. The predicted molar refractivity (Wildman–Crippen MR) is 48.2 cm³/mol. The fourth-order valence-corrected chi connectivity index (χ4v) is 0.694.